The summed E-state index contributed by atoms with van der Waals surface area (Å²) in [6, 6.07) is 0. The second kappa shape index (κ2) is 2.97. The predicted molar refractivity (Wildman–Crippen MR) is 51.2 cm³/mol. The highest BCUT2D eigenvalue weighted by molar-refractivity contribution is 5.98. The Kier molecular flexibility index (Phi) is 2.34. The first kappa shape index (κ1) is 11.0. The Bertz CT molecular complexity index is 281. The van der Waals surface area contributed by atoms with E-state index in [0.29, 0.717) is 6.61 Å². The summed E-state index contributed by atoms with van der Waals surface area (Å²) in [5, 5.41) is 0. The van der Waals surface area contributed by atoms with Crippen LogP contribution in [0.25, 0.3) is 0 Å². The number of amides is 1. The summed E-state index contributed by atoms with van der Waals surface area (Å²) < 4.78 is 4.96. The first-order chi connectivity index (χ1) is 6.20. The summed E-state index contributed by atoms with van der Waals surface area (Å²) in [6.45, 7) is 8.03. The van der Waals surface area contributed by atoms with Gasteiger partial charge in [-0.1, -0.05) is 27.7 Å². The van der Waals surface area contributed by atoms with Gasteiger partial charge >= 0.3 is 5.97 Å². The second-order valence-electron chi connectivity index (χ2n) is 5.05. The zero-order valence-electron chi connectivity index (χ0n) is 9.09. The Morgan fingerprint density at radius 3 is 2.29 bits per heavy atom. The lowest BCUT2D eigenvalue weighted by Gasteiger charge is -2.47. The zero-order valence-corrected chi connectivity index (χ0v) is 9.09. The molecule has 0 aromatic heterocycles. The number of rotatable bonds is 1. The molecule has 0 spiro atoms. The molecule has 1 amide bonds. The van der Waals surface area contributed by atoms with E-state index in [1.54, 1.807) is 0 Å². The van der Waals surface area contributed by atoms with E-state index in [1.165, 1.54) is 0 Å². The standard InChI is InChI=1S/C10H17NO3/c1-9(2)5-14-8(13)6(7(11)12)10(9,3)4/h6H,5H2,1-4H3,(H2,11,12). The Labute approximate surface area is 83.8 Å². The molecule has 1 rings (SSSR count). The van der Waals surface area contributed by atoms with Crippen molar-refractivity contribution in [2.75, 3.05) is 6.61 Å². The number of carbonyl (C=O) groups is 2. The molecule has 1 saturated heterocycles. The minimum absolute atomic E-state index is 0.236. The maximum Gasteiger partial charge on any atom is 0.319 e. The van der Waals surface area contributed by atoms with E-state index in [-0.39, 0.29) is 5.41 Å². The number of nitrogens with two attached hydrogens (primary N) is 1. The molecule has 1 fully saturated rings. The van der Waals surface area contributed by atoms with Gasteiger partial charge in [0.2, 0.25) is 5.91 Å². The lowest BCUT2D eigenvalue weighted by atomic mass is 9.60. The van der Waals surface area contributed by atoms with Gasteiger partial charge < -0.3 is 10.5 Å². The van der Waals surface area contributed by atoms with E-state index in [0.717, 1.165) is 0 Å². The number of esters is 1. The highest BCUT2D eigenvalue weighted by Crippen LogP contribution is 2.48. The van der Waals surface area contributed by atoms with Crippen LogP contribution in [0.5, 0.6) is 0 Å². The molecule has 1 aliphatic heterocycles. The number of cyclic esters (lactones) is 1. The van der Waals surface area contributed by atoms with Gasteiger partial charge in [0.25, 0.3) is 0 Å². The Morgan fingerprint density at radius 1 is 1.43 bits per heavy atom. The van der Waals surface area contributed by atoms with Crippen LogP contribution in [0.4, 0.5) is 0 Å². The maximum atomic E-state index is 11.4. The molecule has 0 saturated carbocycles. The molecular weight excluding hydrogens is 182 g/mol. The fourth-order valence-corrected chi connectivity index (χ4v) is 1.68. The van der Waals surface area contributed by atoms with Crippen molar-refractivity contribution in [1.29, 1.82) is 0 Å². The van der Waals surface area contributed by atoms with Crippen molar-refractivity contribution in [2.24, 2.45) is 22.5 Å². The highest BCUT2D eigenvalue weighted by Gasteiger charge is 2.53. The van der Waals surface area contributed by atoms with Gasteiger partial charge in [-0.3, -0.25) is 9.59 Å². The van der Waals surface area contributed by atoms with E-state index < -0.39 is 23.2 Å². The van der Waals surface area contributed by atoms with E-state index in [1.807, 2.05) is 27.7 Å². The molecule has 2 N–H and O–H groups in total. The van der Waals surface area contributed by atoms with E-state index in [4.69, 9.17) is 10.5 Å². The predicted octanol–water partition coefficient (Wildman–Crippen LogP) is 0.697. The van der Waals surface area contributed by atoms with Crippen molar-refractivity contribution in [2.45, 2.75) is 27.7 Å². The van der Waals surface area contributed by atoms with Crippen LogP contribution in [0.1, 0.15) is 27.7 Å². The van der Waals surface area contributed by atoms with Crippen molar-refractivity contribution in [1.82, 2.24) is 0 Å². The molecule has 1 unspecified atom stereocenters. The normalized spacial score (nSPS) is 29.4. The summed E-state index contributed by atoms with van der Waals surface area (Å²) in [7, 11) is 0. The lowest BCUT2D eigenvalue weighted by molar-refractivity contribution is -0.180. The molecule has 0 bridgehead atoms. The van der Waals surface area contributed by atoms with Crippen LogP contribution in [0.3, 0.4) is 0 Å². The molecule has 1 aliphatic rings. The molecule has 1 atom stereocenters. The largest absolute Gasteiger partial charge is 0.464 e. The van der Waals surface area contributed by atoms with Crippen molar-refractivity contribution in [3.8, 4) is 0 Å². The van der Waals surface area contributed by atoms with Gasteiger partial charge in [-0.15, -0.1) is 0 Å². The zero-order chi connectivity index (χ0) is 11.1. The molecule has 4 nitrogen and oxygen atoms in total. The fourth-order valence-electron chi connectivity index (χ4n) is 1.68. The van der Waals surface area contributed by atoms with Crippen LogP contribution < -0.4 is 5.73 Å². The summed E-state index contributed by atoms with van der Waals surface area (Å²) >= 11 is 0. The quantitative estimate of drug-likeness (QED) is 0.499. The molecule has 1 heterocycles. The topological polar surface area (TPSA) is 69.4 Å². The average Bonchev–Trinajstić information content (AvgIpc) is 1.97. The average molecular weight is 199 g/mol. The van der Waals surface area contributed by atoms with E-state index in [9.17, 15) is 9.59 Å². The third-order valence-corrected chi connectivity index (χ3v) is 3.56. The summed E-state index contributed by atoms with van der Waals surface area (Å²) in [5.74, 6) is -1.94. The summed E-state index contributed by atoms with van der Waals surface area (Å²) in [4.78, 5) is 22.6. The van der Waals surface area contributed by atoms with Crippen LogP contribution in [-0.4, -0.2) is 18.5 Å². The van der Waals surface area contributed by atoms with Crippen molar-refractivity contribution in [3.63, 3.8) is 0 Å². The molecule has 0 aromatic carbocycles. The molecule has 0 aliphatic carbocycles. The van der Waals surface area contributed by atoms with Crippen LogP contribution in [0.15, 0.2) is 0 Å². The molecular formula is C10H17NO3. The Hall–Kier alpha value is -1.06. The summed E-state index contributed by atoms with van der Waals surface area (Å²) in [6.07, 6.45) is 0. The van der Waals surface area contributed by atoms with Gasteiger partial charge in [0.1, 0.15) is 5.92 Å². The van der Waals surface area contributed by atoms with E-state index >= 15 is 0 Å². The van der Waals surface area contributed by atoms with E-state index in [2.05, 4.69) is 0 Å². The molecule has 0 aromatic rings. The number of hydrogen-bond donors (Lipinski definition) is 1. The minimum atomic E-state index is -0.841. The first-order valence-corrected chi connectivity index (χ1v) is 4.66. The Balaban J connectivity index is 3.12. The fraction of sp³-hybridized carbons (Fsp3) is 0.800. The first-order valence-electron chi connectivity index (χ1n) is 4.66. The number of primary amides is 1. The van der Waals surface area contributed by atoms with Gasteiger partial charge in [0.05, 0.1) is 6.61 Å². The summed E-state index contributed by atoms with van der Waals surface area (Å²) in [5.41, 5.74) is 4.51. The smallest absolute Gasteiger partial charge is 0.319 e. The van der Waals surface area contributed by atoms with Gasteiger partial charge in [-0.05, 0) is 5.41 Å². The monoisotopic (exact) mass is 199 g/mol. The molecule has 80 valence electrons. The van der Waals surface area contributed by atoms with Gasteiger partial charge in [-0.25, -0.2) is 0 Å². The molecule has 4 heteroatoms. The SMILES string of the molecule is CC1(C)COC(=O)C(C(N)=O)C1(C)C. The van der Waals surface area contributed by atoms with Gasteiger partial charge in [0.15, 0.2) is 0 Å². The Morgan fingerprint density at radius 2 is 1.93 bits per heavy atom. The number of hydrogen-bond acceptors (Lipinski definition) is 3. The number of carbonyl (C=O) groups excluding carboxylic acids is 2. The van der Waals surface area contributed by atoms with Crippen LogP contribution in [0.2, 0.25) is 0 Å². The van der Waals surface area contributed by atoms with Crippen LogP contribution in [-0.2, 0) is 14.3 Å². The second-order valence-corrected chi connectivity index (χ2v) is 5.05. The van der Waals surface area contributed by atoms with Crippen LogP contribution in [0, 0.1) is 16.7 Å². The van der Waals surface area contributed by atoms with Crippen LogP contribution >= 0.6 is 0 Å². The third kappa shape index (κ3) is 1.38. The van der Waals surface area contributed by atoms with Gasteiger partial charge in [-0.2, -0.15) is 0 Å². The van der Waals surface area contributed by atoms with Crippen molar-refractivity contribution < 1.29 is 14.3 Å². The minimum Gasteiger partial charge on any atom is -0.464 e. The maximum absolute atomic E-state index is 11.4. The van der Waals surface area contributed by atoms with Crippen molar-refractivity contribution in [3.05, 3.63) is 0 Å². The molecule has 14 heavy (non-hydrogen) atoms. The number of ether oxygens (including phenoxy) is 1. The molecule has 0 radical (unpaired) electrons. The van der Waals surface area contributed by atoms with Gasteiger partial charge in [0, 0.05) is 5.41 Å². The highest BCUT2D eigenvalue weighted by atomic mass is 16.5. The van der Waals surface area contributed by atoms with Crippen molar-refractivity contribution >= 4 is 11.9 Å². The lowest BCUT2D eigenvalue weighted by Crippen LogP contribution is -2.55. The third-order valence-electron chi connectivity index (χ3n) is 3.56.